The molecule has 0 aliphatic carbocycles. The molecule has 4 heteroatoms. The molecule has 1 N–H and O–H groups in total. The van der Waals surface area contributed by atoms with Gasteiger partial charge in [0.15, 0.2) is 5.88 Å². The second-order valence-corrected chi connectivity index (χ2v) is 1.95. The minimum absolute atomic E-state index is 0.371. The second-order valence-electron chi connectivity index (χ2n) is 1.95. The fourth-order valence-corrected chi connectivity index (χ4v) is 0.727. The van der Waals surface area contributed by atoms with Crippen LogP contribution < -0.4 is 4.74 Å². The summed E-state index contributed by atoms with van der Waals surface area (Å²) in [7, 11) is 2.86. The van der Waals surface area contributed by atoms with Gasteiger partial charge >= 0.3 is 5.97 Å². The van der Waals surface area contributed by atoms with Crippen molar-refractivity contribution in [2.45, 2.75) is 0 Å². The molecule has 0 bridgehead atoms. The Balaban J connectivity index is 2.80. The zero-order chi connectivity index (χ0) is 8.27. The van der Waals surface area contributed by atoms with E-state index < -0.39 is 0 Å². The highest BCUT2D eigenvalue weighted by molar-refractivity contribution is 5.89. The summed E-state index contributed by atoms with van der Waals surface area (Å²) in [6, 6.07) is 1.58. The van der Waals surface area contributed by atoms with Crippen LogP contribution in [-0.2, 0) is 4.74 Å². The van der Waals surface area contributed by atoms with Crippen molar-refractivity contribution >= 4 is 5.97 Å². The summed E-state index contributed by atoms with van der Waals surface area (Å²) >= 11 is 0. The number of hydrogen-bond donors (Lipinski definition) is 1. The zero-order valence-corrected chi connectivity index (χ0v) is 6.38. The maximum absolute atomic E-state index is 10.8. The Kier molecular flexibility index (Phi) is 2.15. The number of methoxy groups -OCH3 is 2. The van der Waals surface area contributed by atoms with Crippen molar-refractivity contribution < 1.29 is 14.3 Å². The summed E-state index contributed by atoms with van der Waals surface area (Å²) < 4.78 is 9.31. The Labute approximate surface area is 64.1 Å². The highest BCUT2D eigenvalue weighted by Crippen LogP contribution is 2.10. The average molecular weight is 155 g/mol. The van der Waals surface area contributed by atoms with Crippen LogP contribution in [0.5, 0.6) is 5.88 Å². The van der Waals surface area contributed by atoms with Gasteiger partial charge in [-0.25, -0.2) is 4.79 Å². The van der Waals surface area contributed by atoms with E-state index in [0.29, 0.717) is 11.4 Å². The van der Waals surface area contributed by atoms with E-state index in [-0.39, 0.29) is 5.97 Å². The number of ether oxygens (including phenoxy) is 2. The minimum atomic E-state index is -0.371. The third-order valence-electron chi connectivity index (χ3n) is 1.30. The fourth-order valence-electron chi connectivity index (χ4n) is 0.727. The lowest BCUT2D eigenvalue weighted by Gasteiger charge is -1.91. The number of nitrogens with one attached hydrogen (secondary N) is 1. The highest BCUT2D eigenvalue weighted by atomic mass is 16.5. The fraction of sp³-hybridized carbons (Fsp3) is 0.286. The predicted molar refractivity (Wildman–Crippen MR) is 38.7 cm³/mol. The van der Waals surface area contributed by atoms with Crippen LogP contribution in [0.4, 0.5) is 0 Å². The number of aromatic amines is 1. The first-order chi connectivity index (χ1) is 5.27. The monoisotopic (exact) mass is 155 g/mol. The van der Waals surface area contributed by atoms with Gasteiger partial charge in [-0.15, -0.1) is 0 Å². The molecule has 0 aliphatic heterocycles. The topological polar surface area (TPSA) is 51.3 Å². The molecule has 0 fully saturated rings. The van der Waals surface area contributed by atoms with E-state index >= 15 is 0 Å². The summed E-state index contributed by atoms with van der Waals surface area (Å²) in [5, 5.41) is 0. The standard InChI is InChI=1S/C7H9NO3/c1-10-6-3-5(4-8-6)7(9)11-2/h3-4,8H,1-2H3. The molecule has 0 spiro atoms. The van der Waals surface area contributed by atoms with Crippen LogP contribution in [0.25, 0.3) is 0 Å². The van der Waals surface area contributed by atoms with Crippen LogP contribution >= 0.6 is 0 Å². The van der Waals surface area contributed by atoms with E-state index in [1.54, 1.807) is 6.07 Å². The van der Waals surface area contributed by atoms with Gasteiger partial charge < -0.3 is 14.5 Å². The molecule has 0 atom stereocenters. The third kappa shape index (κ3) is 1.52. The van der Waals surface area contributed by atoms with Crippen LogP contribution in [0.15, 0.2) is 12.3 Å². The molecular formula is C7H9NO3. The summed E-state index contributed by atoms with van der Waals surface area (Å²) in [6.07, 6.45) is 1.53. The lowest BCUT2D eigenvalue weighted by Crippen LogP contribution is -1.98. The van der Waals surface area contributed by atoms with Crippen LogP contribution in [0, 0.1) is 0 Å². The molecule has 0 saturated heterocycles. The lowest BCUT2D eigenvalue weighted by atomic mass is 10.3. The number of carbonyl (C=O) groups excluding carboxylic acids is 1. The molecule has 1 heterocycles. The first kappa shape index (κ1) is 7.65. The van der Waals surface area contributed by atoms with Gasteiger partial charge in [-0.05, 0) is 0 Å². The number of esters is 1. The van der Waals surface area contributed by atoms with Crippen molar-refractivity contribution in [2.24, 2.45) is 0 Å². The SMILES string of the molecule is COC(=O)c1c[nH]c(OC)c1. The molecule has 4 nitrogen and oxygen atoms in total. The smallest absolute Gasteiger partial charge is 0.339 e. The van der Waals surface area contributed by atoms with E-state index in [4.69, 9.17) is 4.74 Å². The molecule has 0 saturated carbocycles. The molecule has 0 aromatic carbocycles. The lowest BCUT2D eigenvalue weighted by molar-refractivity contribution is 0.0601. The Morgan fingerprint density at radius 2 is 2.27 bits per heavy atom. The van der Waals surface area contributed by atoms with Crippen molar-refractivity contribution in [3.63, 3.8) is 0 Å². The third-order valence-corrected chi connectivity index (χ3v) is 1.30. The van der Waals surface area contributed by atoms with Crippen LogP contribution in [0.3, 0.4) is 0 Å². The number of aromatic nitrogens is 1. The molecule has 1 aromatic rings. The zero-order valence-electron chi connectivity index (χ0n) is 6.38. The summed E-state index contributed by atoms with van der Waals surface area (Å²) in [5.74, 6) is 0.176. The molecule has 1 aromatic heterocycles. The Morgan fingerprint density at radius 1 is 1.55 bits per heavy atom. The van der Waals surface area contributed by atoms with E-state index in [1.807, 2.05) is 0 Å². The summed E-state index contributed by atoms with van der Waals surface area (Å²) in [6.45, 7) is 0. The largest absolute Gasteiger partial charge is 0.482 e. The number of rotatable bonds is 2. The second kappa shape index (κ2) is 3.09. The van der Waals surface area contributed by atoms with Gasteiger partial charge in [-0.2, -0.15) is 0 Å². The van der Waals surface area contributed by atoms with Gasteiger partial charge in [0.25, 0.3) is 0 Å². The van der Waals surface area contributed by atoms with Crippen molar-refractivity contribution in [2.75, 3.05) is 14.2 Å². The number of hydrogen-bond acceptors (Lipinski definition) is 3. The van der Waals surface area contributed by atoms with E-state index in [2.05, 4.69) is 9.72 Å². The quantitative estimate of drug-likeness (QED) is 0.643. The van der Waals surface area contributed by atoms with E-state index in [9.17, 15) is 4.79 Å². The van der Waals surface area contributed by atoms with Gasteiger partial charge in [-0.3, -0.25) is 0 Å². The Bertz CT molecular complexity index is 254. The van der Waals surface area contributed by atoms with Gasteiger partial charge in [0, 0.05) is 12.3 Å². The Morgan fingerprint density at radius 3 is 2.73 bits per heavy atom. The first-order valence-corrected chi connectivity index (χ1v) is 3.08. The van der Waals surface area contributed by atoms with Gasteiger partial charge in [0.2, 0.25) is 0 Å². The van der Waals surface area contributed by atoms with Crippen molar-refractivity contribution in [3.05, 3.63) is 17.8 Å². The van der Waals surface area contributed by atoms with E-state index in [1.165, 1.54) is 20.4 Å². The maximum atomic E-state index is 10.8. The molecule has 60 valence electrons. The van der Waals surface area contributed by atoms with Crippen LogP contribution in [-0.4, -0.2) is 25.2 Å². The molecule has 11 heavy (non-hydrogen) atoms. The maximum Gasteiger partial charge on any atom is 0.339 e. The Hall–Kier alpha value is -1.45. The van der Waals surface area contributed by atoms with Crippen molar-refractivity contribution in [1.29, 1.82) is 0 Å². The van der Waals surface area contributed by atoms with Crippen LogP contribution in [0.1, 0.15) is 10.4 Å². The summed E-state index contributed by atoms with van der Waals surface area (Å²) in [5.41, 5.74) is 0.462. The molecule has 1 rings (SSSR count). The van der Waals surface area contributed by atoms with Gasteiger partial charge in [0.1, 0.15) is 0 Å². The molecule has 0 radical (unpaired) electrons. The van der Waals surface area contributed by atoms with E-state index in [0.717, 1.165) is 0 Å². The van der Waals surface area contributed by atoms with Crippen molar-refractivity contribution in [3.8, 4) is 5.88 Å². The molecule has 0 amide bonds. The summed E-state index contributed by atoms with van der Waals surface area (Å²) in [4.78, 5) is 13.6. The predicted octanol–water partition coefficient (Wildman–Crippen LogP) is 0.810. The number of H-pyrrole nitrogens is 1. The first-order valence-electron chi connectivity index (χ1n) is 3.08. The van der Waals surface area contributed by atoms with Gasteiger partial charge in [0.05, 0.1) is 19.8 Å². The normalized spacial score (nSPS) is 9.27. The number of carbonyl (C=O) groups is 1. The minimum Gasteiger partial charge on any atom is -0.482 e. The molecule has 0 unspecified atom stereocenters. The average Bonchev–Trinajstić information content (AvgIpc) is 2.50. The highest BCUT2D eigenvalue weighted by Gasteiger charge is 2.07. The van der Waals surface area contributed by atoms with Gasteiger partial charge in [-0.1, -0.05) is 0 Å². The molecule has 0 aliphatic rings. The molecular weight excluding hydrogens is 146 g/mol. The van der Waals surface area contributed by atoms with Crippen LogP contribution in [0.2, 0.25) is 0 Å². The van der Waals surface area contributed by atoms with Crippen molar-refractivity contribution in [1.82, 2.24) is 4.98 Å².